The van der Waals surface area contributed by atoms with Gasteiger partial charge in [0.25, 0.3) is 0 Å². The number of alkyl halides is 1. The maximum absolute atomic E-state index is 13.0. The molecule has 0 aromatic heterocycles. The molecule has 0 spiro atoms. The zero-order chi connectivity index (χ0) is 10.7. The molecule has 1 aromatic carbocycles. The van der Waals surface area contributed by atoms with Crippen LogP contribution in [0.15, 0.2) is 22.7 Å². The Morgan fingerprint density at radius 1 is 1.57 bits per heavy atom. The molecule has 0 heterocycles. The van der Waals surface area contributed by atoms with E-state index >= 15 is 0 Å². The summed E-state index contributed by atoms with van der Waals surface area (Å²) in [4.78, 5) is 0. The molecule has 0 bridgehead atoms. The number of halogens is 2. The standard InChI is InChI=1S/C10H13BrFNO/c1-6(12)8-3-2-7(4-9(8)11)10(13)5-14/h2-4,6,10,14H,5,13H2,1H3. The maximum atomic E-state index is 13.0. The largest absolute Gasteiger partial charge is 0.394 e. The van der Waals surface area contributed by atoms with Gasteiger partial charge in [0, 0.05) is 4.47 Å². The van der Waals surface area contributed by atoms with E-state index in [0.717, 1.165) is 5.56 Å². The summed E-state index contributed by atoms with van der Waals surface area (Å²) in [5.41, 5.74) is 7.02. The summed E-state index contributed by atoms with van der Waals surface area (Å²) in [6.07, 6.45) is -1.01. The number of hydrogen-bond acceptors (Lipinski definition) is 2. The second kappa shape index (κ2) is 4.87. The average molecular weight is 262 g/mol. The van der Waals surface area contributed by atoms with Gasteiger partial charge in [0.15, 0.2) is 0 Å². The Bertz CT molecular complexity index is 317. The zero-order valence-electron chi connectivity index (χ0n) is 7.87. The van der Waals surface area contributed by atoms with Gasteiger partial charge < -0.3 is 10.8 Å². The first-order valence-corrected chi connectivity index (χ1v) is 5.15. The highest BCUT2D eigenvalue weighted by Crippen LogP contribution is 2.28. The van der Waals surface area contributed by atoms with Gasteiger partial charge in [-0.15, -0.1) is 0 Å². The highest BCUT2D eigenvalue weighted by atomic mass is 79.9. The van der Waals surface area contributed by atoms with Crippen LogP contribution >= 0.6 is 15.9 Å². The minimum Gasteiger partial charge on any atom is -0.394 e. The summed E-state index contributed by atoms with van der Waals surface area (Å²) in [5, 5.41) is 8.84. The molecule has 3 N–H and O–H groups in total. The van der Waals surface area contributed by atoms with Crippen LogP contribution in [0.25, 0.3) is 0 Å². The third-order valence-electron chi connectivity index (χ3n) is 2.08. The number of benzene rings is 1. The molecule has 0 radical (unpaired) electrons. The van der Waals surface area contributed by atoms with Crippen molar-refractivity contribution < 1.29 is 9.50 Å². The molecule has 1 aromatic rings. The lowest BCUT2D eigenvalue weighted by molar-refractivity contribution is 0.268. The highest BCUT2D eigenvalue weighted by Gasteiger charge is 2.10. The number of hydrogen-bond donors (Lipinski definition) is 2. The number of aliphatic hydroxyl groups excluding tert-OH is 1. The van der Waals surface area contributed by atoms with Gasteiger partial charge in [0.1, 0.15) is 6.17 Å². The molecule has 0 aliphatic heterocycles. The molecule has 0 amide bonds. The van der Waals surface area contributed by atoms with Crippen LogP contribution in [0.2, 0.25) is 0 Å². The zero-order valence-corrected chi connectivity index (χ0v) is 9.46. The first-order chi connectivity index (χ1) is 6.56. The van der Waals surface area contributed by atoms with Crippen molar-refractivity contribution in [2.45, 2.75) is 19.1 Å². The van der Waals surface area contributed by atoms with Gasteiger partial charge in [-0.2, -0.15) is 0 Å². The minimum absolute atomic E-state index is 0.114. The van der Waals surface area contributed by atoms with Gasteiger partial charge in [-0.25, -0.2) is 4.39 Å². The molecule has 1 rings (SSSR count). The third kappa shape index (κ3) is 2.53. The van der Waals surface area contributed by atoms with Crippen LogP contribution in [-0.2, 0) is 0 Å². The van der Waals surface area contributed by atoms with E-state index in [1.165, 1.54) is 6.92 Å². The lowest BCUT2D eigenvalue weighted by atomic mass is 10.0. The summed E-state index contributed by atoms with van der Waals surface area (Å²) in [6.45, 7) is 1.36. The van der Waals surface area contributed by atoms with Crippen LogP contribution < -0.4 is 5.73 Å². The normalized spacial score (nSPS) is 15.2. The van der Waals surface area contributed by atoms with Crippen molar-refractivity contribution in [2.24, 2.45) is 5.73 Å². The molecule has 78 valence electrons. The van der Waals surface area contributed by atoms with Crippen LogP contribution in [-0.4, -0.2) is 11.7 Å². The van der Waals surface area contributed by atoms with E-state index in [1.807, 2.05) is 0 Å². The molecule has 4 heteroatoms. The SMILES string of the molecule is CC(F)c1ccc(C(N)CO)cc1Br. The Morgan fingerprint density at radius 2 is 2.21 bits per heavy atom. The number of aliphatic hydroxyl groups is 1. The minimum atomic E-state index is -1.01. The lowest BCUT2D eigenvalue weighted by Crippen LogP contribution is -2.14. The predicted molar refractivity (Wildman–Crippen MR) is 57.7 cm³/mol. The molecule has 14 heavy (non-hydrogen) atoms. The quantitative estimate of drug-likeness (QED) is 0.879. The summed E-state index contributed by atoms with van der Waals surface area (Å²) in [5.74, 6) is 0. The lowest BCUT2D eigenvalue weighted by Gasteiger charge is -2.11. The van der Waals surface area contributed by atoms with Gasteiger partial charge in [0.05, 0.1) is 12.6 Å². The van der Waals surface area contributed by atoms with Crippen molar-refractivity contribution in [2.75, 3.05) is 6.61 Å². The van der Waals surface area contributed by atoms with Crippen molar-refractivity contribution >= 4 is 15.9 Å². The van der Waals surface area contributed by atoms with E-state index < -0.39 is 12.2 Å². The molecule has 2 atom stereocenters. The fourth-order valence-electron chi connectivity index (χ4n) is 1.20. The summed E-state index contributed by atoms with van der Waals surface area (Å²) in [7, 11) is 0. The van der Waals surface area contributed by atoms with Gasteiger partial charge in [-0.05, 0) is 24.1 Å². The Hall–Kier alpha value is -0.450. The fraction of sp³-hybridized carbons (Fsp3) is 0.400. The van der Waals surface area contributed by atoms with Crippen LogP contribution in [0.3, 0.4) is 0 Å². The first-order valence-electron chi connectivity index (χ1n) is 4.36. The van der Waals surface area contributed by atoms with E-state index in [4.69, 9.17) is 10.8 Å². The van der Waals surface area contributed by atoms with E-state index in [0.29, 0.717) is 10.0 Å². The van der Waals surface area contributed by atoms with Crippen molar-refractivity contribution in [1.29, 1.82) is 0 Å². The molecule has 2 nitrogen and oxygen atoms in total. The molecule has 0 fully saturated rings. The van der Waals surface area contributed by atoms with E-state index in [2.05, 4.69) is 15.9 Å². The second-order valence-corrected chi connectivity index (χ2v) is 4.04. The Balaban J connectivity index is 3.00. The summed E-state index contributed by atoms with van der Waals surface area (Å²) >= 11 is 3.27. The first kappa shape index (κ1) is 11.6. The van der Waals surface area contributed by atoms with Gasteiger partial charge in [0.2, 0.25) is 0 Å². The van der Waals surface area contributed by atoms with Crippen molar-refractivity contribution in [3.63, 3.8) is 0 Å². The molecular weight excluding hydrogens is 249 g/mol. The average Bonchev–Trinajstić information content (AvgIpc) is 2.15. The molecular formula is C10H13BrFNO. The van der Waals surface area contributed by atoms with Crippen molar-refractivity contribution in [1.82, 2.24) is 0 Å². The van der Waals surface area contributed by atoms with E-state index in [1.54, 1.807) is 18.2 Å². The van der Waals surface area contributed by atoms with Crippen LogP contribution in [0, 0.1) is 0 Å². The Kier molecular flexibility index (Phi) is 4.04. The topological polar surface area (TPSA) is 46.2 Å². The number of nitrogens with two attached hydrogens (primary N) is 1. The van der Waals surface area contributed by atoms with Gasteiger partial charge >= 0.3 is 0 Å². The Labute approximate surface area is 91.1 Å². The second-order valence-electron chi connectivity index (χ2n) is 3.19. The summed E-state index contributed by atoms with van der Waals surface area (Å²) in [6, 6.07) is 4.75. The van der Waals surface area contributed by atoms with Crippen LogP contribution in [0.4, 0.5) is 4.39 Å². The monoisotopic (exact) mass is 261 g/mol. The van der Waals surface area contributed by atoms with E-state index in [9.17, 15) is 4.39 Å². The molecule has 0 saturated carbocycles. The Morgan fingerprint density at radius 3 is 2.64 bits per heavy atom. The van der Waals surface area contributed by atoms with E-state index in [-0.39, 0.29) is 6.61 Å². The smallest absolute Gasteiger partial charge is 0.123 e. The predicted octanol–water partition coefficient (Wildman–Crippen LogP) is 2.47. The molecule has 0 aliphatic carbocycles. The fourth-order valence-corrected chi connectivity index (χ4v) is 1.91. The van der Waals surface area contributed by atoms with Gasteiger partial charge in [-0.1, -0.05) is 28.1 Å². The van der Waals surface area contributed by atoms with Crippen molar-refractivity contribution in [3.8, 4) is 0 Å². The highest BCUT2D eigenvalue weighted by molar-refractivity contribution is 9.10. The van der Waals surface area contributed by atoms with Crippen LogP contribution in [0.1, 0.15) is 30.3 Å². The van der Waals surface area contributed by atoms with Crippen LogP contribution in [0.5, 0.6) is 0 Å². The molecule has 2 unspecified atom stereocenters. The third-order valence-corrected chi connectivity index (χ3v) is 2.76. The number of rotatable bonds is 3. The summed E-state index contributed by atoms with van der Waals surface area (Å²) < 4.78 is 13.7. The molecule has 0 saturated heterocycles. The van der Waals surface area contributed by atoms with Crippen molar-refractivity contribution in [3.05, 3.63) is 33.8 Å². The molecule has 0 aliphatic rings. The maximum Gasteiger partial charge on any atom is 0.123 e. The van der Waals surface area contributed by atoms with Gasteiger partial charge in [-0.3, -0.25) is 0 Å².